The fraction of sp³-hybridized carbons (Fsp3) is 0.161. The summed E-state index contributed by atoms with van der Waals surface area (Å²) in [5.74, 6) is 0.257. The van der Waals surface area contributed by atoms with Gasteiger partial charge in [0.15, 0.2) is 0 Å². The lowest BCUT2D eigenvalue weighted by atomic mass is 9.98. The van der Waals surface area contributed by atoms with Crippen molar-refractivity contribution in [3.8, 4) is 0 Å². The van der Waals surface area contributed by atoms with Crippen LogP contribution in [-0.2, 0) is 11.2 Å². The number of nitrogen functional groups attached to an aromatic ring is 1. The molecule has 1 fully saturated rings. The zero-order chi connectivity index (χ0) is 24.2. The van der Waals surface area contributed by atoms with Crippen LogP contribution in [-0.4, -0.2) is 18.1 Å². The summed E-state index contributed by atoms with van der Waals surface area (Å²) >= 11 is 0. The number of carbonyl (C=O) groups excluding carboxylic acids is 1. The van der Waals surface area contributed by atoms with Crippen molar-refractivity contribution < 1.29 is 9.53 Å². The molecule has 1 saturated carbocycles. The third-order valence-corrected chi connectivity index (χ3v) is 6.51. The highest BCUT2D eigenvalue weighted by Crippen LogP contribution is 2.40. The second kappa shape index (κ2) is 9.98. The van der Waals surface area contributed by atoms with Crippen molar-refractivity contribution >= 4 is 33.2 Å². The van der Waals surface area contributed by atoms with Gasteiger partial charge in [-0.05, 0) is 58.2 Å². The van der Waals surface area contributed by atoms with Crippen LogP contribution in [0.1, 0.15) is 45.9 Å². The summed E-state index contributed by atoms with van der Waals surface area (Å²) in [4.78, 5) is 16.8. The smallest absolute Gasteiger partial charge is 0.339 e. The molecule has 0 radical (unpaired) electrons. The number of anilines is 1. The molecular weight excluding hydrogens is 432 g/mol. The van der Waals surface area contributed by atoms with Gasteiger partial charge in [0, 0.05) is 23.7 Å². The Morgan fingerprint density at radius 2 is 1.51 bits per heavy atom. The number of pyridine rings is 1. The Bertz CT molecular complexity index is 1490. The summed E-state index contributed by atoms with van der Waals surface area (Å²) in [6, 6.07) is 30.6. The highest BCUT2D eigenvalue weighted by molar-refractivity contribution is 5.93. The largest absolute Gasteiger partial charge is 0.465 e. The molecule has 1 aliphatic carbocycles. The molecule has 0 atom stereocenters. The first-order valence-corrected chi connectivity index (χ1v) is 11.9. The predicted octanol–water partition coefficient (Wildman–Crippen LogP) is 6.91. The van der Waals surface area contributed by atoms with Crippen LogP contribution < -0.4 is 5.73 Å². The number of aromatic nitrogens is 1. The van der Waals surface area contributed by atoms with Crippen molar-refractivity contribution in [3.05, 3.63) is 120 Å². The van der Waals surface area contributed by atoms with Crippen LogP contribution >= 0.6 is 0 Å². The number of rotatable bonds is 4. The van der Waals surface area contributed by atoms with Crippen LogP contribution in [0.5, 0.6) is 0 Å². The van der Waals surface area contributed by atoms with Gasteiger partial charge >= 0.3 is 5.97 Å². The van der Waals surface area contributed by atoms with Crippen molar-refractivity contribution in [2.24, 2.45) is 0 Å². The zero-order valence-electron chi connectivity index (χ0n) is 19.8. The lowest BCUT2D eigenvalue weighted by Crippen LogP contribution is -2.09. The topological polar surface area (TPSA) is 65.2 Å². The molecular formula is C31H28N2O2. The molecule has 0 amide bonds. The number of nitrogens with two attached hydrogens (primary N) is 1. The third-order valence-electron chi connectivity index (χ3n) is 6.51. The van der Waals surface area contributed by atoms with E-state index in [1.54, 1.807) is 0 Å². The monoisotopic (exact) mass is 460 g/mol. The summed E-state index contributed by atoms with van der Waals surface area (Å²) < 4.78 is 4.98. The van der Waals surface area contributed by atoms with Crippen molar-refractivity contribution in [2.75, 3.05) is 12.8 Å². The Kier molecular flexibility index (Phi) is 6.44. The summed E-state index contributed by atoms with van der Waals surface area (Å²) in [6.45, 7) is 0. The van der Waals surface area contributed by atoms with Gasteiger partial charge < -0.3 is 10.5 Å². The molecule has 0 bridgehead atoms. The van der Waals surface area contributed by atoms with Crippen LogP contribution in [0.15, 0.2) is 97.2 Å². The highest BCUT2D eigenvalue weighted by atomic mass is 16.5. The first-order valence-electron chi connectivity index (χ1n) is 11.9. The van der Waals surface area contributed by atoms with E-state index >= 15 is 0 Å². The Balaban J connectivity index is 0.000000192. The maximum atomic E-state index is 12.2. The highest BCUT2D eigenvalue weighted by Gasteiger charge is 2.26. The van der Waals surface area contributed by atoms with Crippen LogP contribution in [0.3, 0.4) is 0 Å². The molecule has 4 heteroatoms. The molecule has 0 unspecified atom stereocenters. The fourth-order valence-electron chi connectivity index (χ4n) is 4.45. The third kappa shape index (κ3) is 5.02. The van der Waals surface area contributed by atoms with Crippen molar-refractivity contribution in [2.45, 2.75) is 25.2 Å². The van der Waals surface area contributed by atoms with Crippen molar-refractivity contribution in [3.63, 3.8) is 0 Å². The number of hydrogen-bond acceptors (Lipinski definition) is 4. The standard InChI is InChI=1S/C21H19NO2.C10H9N/c1-24-21(23)19-11-17(14-9-10-14)13-22-20(19)12-16-7-4-6-15-5-2-3-8-18(15)16;11-10-7-3-5-8-4-1-2-6-9(8)10/h2-8,11,13-14H,9-10,12H2,1H3;1-7H,11H2. The fourth-order valence-corrected chi connectivity index (χ4v) is 4.45. The Morgan fingerprint density at radius 1 is 0.886 bits per heavy atom. The number of methoxy groups -OCH3 is 1. The number of carbonyl (C=O) groups is 1. The zero-order valence-corrected chi connectivity index (χ0v) is 19.8. The van der Waals surface area contributed by atoms with E-state index in [1.165, 1.54) is 41.7 Å². The number of hydrogen-bond donors (Lipinski definition) is 1. The van der Waals surface area contributed by atoms with Crippen LogP contribution in [0.4, 0.5) is 5.69 Å². The van der Waals surface area contributed by atoms with Crippen LogP contribution in [0, 0.1) is 0 Å². The molecule has 1 aliphatic rings. The second-order valence-corrected chi connectivity index (χ2v) is 8.91. The second-order valence-electron chi connectivity index (χ2n) is 8.91. The van der Waals surface area contributed by atoms with E-state index < -0.39 is 0 Å². The SMILES string of the molecule is COC(=O)c1cc(C2CC2)cnc1Cc1cccc2ccccc12.Nc1cccc2ccccc12. The van der Waals surface area contributed by atoms with Crippen LogP contribution in [0.25, 0.3) is 21.5 Å². The maximum Gasteiger partial charge on any atom is 0.339 e. The van der Waals surface area contributed by atoms with E-state index in [9.17, 15) is 4.79 Å². The molecule has 5 aromatic rings. The molecule has 174 valence electrons. The number of benzene rings is 4. The van der Waals surface area contributed by atoms with Gasteiger partial charge in [0.25, 0.3) is 0 Å². The number of esters is 1. The Morgan fingerprint density at radius 3 is 2.20 bits per heavy atom. The lowest BCUT2D eigenvalue weighted by molar-refractivity contribution is 0.0599. The first-order chi connectivity index (χ1) is 17.1. The summed E-state index contributed by atoms with van der Waals surface area (Å²) in [6.07, 6.45) is 4.91. The first kappa shape index (κ1) is 22.6. The molecule has 2 N–H and O–H groups in total. The lowest BCUT2D eigenvalue weighted by Gasteiger charge is -2.11. The van der Waals surface area contributed by atoms with E-state index in [0.29, 0.717) is 17.9 Å². The molecule has 0 aliphatic heterocycles. The van der Waals surface area contributed by atoms with Gasteiger partial charge in [-0.1, -0.05) is 78.9 Å². The van der Waals surface area contributed by atoms with Gasteiger partial charge in [-0.25, -0.2) is 4.79 Å². The summed E-state index contributed by atoms with van der Waals surface area (Å²) in [5, 5.41) is 4.73. The molecule has 1 aromatic heterocycles. The predicted molar refractivity (Wildman–Crippen MR) is 143 cm³/mol. The summed E-state index contributed by atoms with van der Waals surface area (Å²) in [5.41, 5.74) is 10.3. The quantitative estimate of drug-likeness (QED) is 0.234. The van der Waals surface area contributed by atoms with Gasteiger partial charge in [-0.3, -0.25) is 4.98 Å². The molecule has 0 spiro atoms. The number of nitrogens with zero attached hydrogens (tertiary/aromatic N) is 1. The molecule has 1 heterocycles. The average Bonchev–Trinajstić information content (AvgIpc) is 3.75. The summed E-state index contributed by atoms with van der Waals surface area (Å²) in [7, 11) is 1.42. The van der Waals surface area contributed by atoms with Gasteiger partial charge in [-0.2, -0.15) is 0 Å². The van der Waals surface area contributed by atoms with E-state index in [-0.39, 0.29) is 5.97 Å². The normalized spacial score (nSPS) is 12.7. The van der Waals surface area contributed by atoms with Gasteiger partial charge in [-0.15, -0.1) is 0 Å². The van der Waals surface area contributed by atoms with Crippen LogP contribution in [0.2, 0.25) is 0 Å². The maximum absolute atomic E-state index is 12.2. The molecule has 35 heavy (non-hydrogen) atoms. The molecule has 4 nitrogen and oxygen atoms in total. The van der Waals surface area contributed by atoms with Gasteiger partial charge in [0.05, 0.1) is 18.4 Å². The number of fused-ring (bicyclic) bond motifs is 2. The molecule has 0 saturated heterocycles. The average molecular weight is 461 g/mol. The molecule has 6 rings (SSSR count). The van der Waals surface area contributed by atoms with Crippen molar-refractivity contribution in [1.29, 1.82) is 0 Å². The van der Waals surface area contributed by atoms with E-state index in [1.807, 2.05) is 60.8 Å². The Hall–Kier alpha value is -4.18. The minimum Gasteiger partial charge on any atom is -0.465 e. The van der Waals surface area contributed by atoms with Crippen molar-refractivity contribution in [1.82, 2.24) is 4.98 Å². The van der Waals surface area contributed by atoms with E-state index in [2.05, 4.69) is 41.4 Å². The Labute approximate surface area is 205 Å². The van der Waals surface area contributed by atoms with Gasteiger partial charge in [0.1, 0.15) is 0 Å². The molecule has 4 aromatic carbocycles. The number of ether oxygens (including phenoxy) is 1. The van der Waals surface area contributed by atoms with E-state index in [0.717, 1.165) is 22.3 Å². The van der Waals surface area contributed by atoms with E-state index in [4.69, 9.17) is 10.5 Å². The minimum atomic E-state index is -0.305. The minimum absolute atomic E-state index is 0.305. The van der Waals surface area contributed by atoms with Gasteiger partial charge in [0.2, 0.25) is 0 Å².